The van der Waals surface area contributed by atoms with Gasteiger partial charge in [0.2, 0.25) is 0 Å². The van der Waals surface area contributed by atoms with Gasteiger partial charge in [-0.3, -0.25) is 4.79 Å². The van der Waals surface area contributed by atoms with E-state index in [2.05, 4.69) is 12.2 Å². The summed E-state index contributed by atoms with van der Waals surface area (Å²) in [5.41, 5.74) is 0.862. The van der Waals surface area contributed by atoms with E-state index >= 15 is 0 Å². The molecule has 0 bridgehead atoms. The van der Waals surface area contributed by atoms with Crippen LogP contribution in [0.5, 0.6) is 5.75 Å². The van der Waals surface area contributed by atoms with E-state index in [1.54, 1.807) is 18.4 Å². The van der Waals surface area contributed by atoms with Crippen LogP contribution in [0.3, 0.4) is 0 Å². The van der Waals surface area contributed by atoms with Crippen LogP contribution in [0.4, 0.5) is 5.82 Å². The maximum absolute atomic E-state index is 13.3. The first kappa shape index (κ1) is 15.8. The second-order valence-corrected chi connectivity index (χ2v) is 6.95. The fourth-order valence-corrected chi connectivity index (χ4v) is 4.17. The van der Waals surface area contributed by atoms with Gasteiger partial charge in [0.15, 0.2) is 5.43 Å². The second kappa shape index (κ2) is 6.33. The monoisotopic (exact) mass is 350 g/mol. The number of nitrogens with zero attached hydrogens (tertiary/aromatic N) is 1. The van der Waals surface area contributed by atoms with Crippen molar-refractivity contribution in [2.24, 2.45) is 0 Å². The minimum Gasteiger partial charge on any atom is -0.497 e. The summed E-state index contributed by atoms with van der Waals surface area (Å²) in [7, 11) is 1.61. The Morgan fingerprint density at radius 3 is 2.80 bits per heavy atom. The number of hydrogen-bond donors (Lipinski definition) is 1. The number of fused-ring (bicyclic) bond motifs is 4. The van der Waals surface area contributed by atoms with Crippen LogP contribution in [-0.2, 0) is 0 Å². The lowest BCUT2D eigenvalue weighted by Crippen LogP contribution is -2.07. The van der Waals surface area contributed by atoms with Crippen LogP contribution in [0.25, 0.3) is 31.1 Å². The number of benzene rings is 2. The normalized spacial score (nSPS) is 11.3. The van der Waals surface area contributed by atoms with Crippen molar-refractivity contribution in [3.8, 4) is 5.75 Å². The number of anilines is 1. The largest absolute Gasteiger partial charge is 0.497 e. The molecule has 2 heterocycles. The van der Waals surface area contributed by atoms with Gasteiger partial charge >= 0.3 is 0 Å². The molecule has 0 amide bonds. The highest BCUT2D eigenvalue weighted by atomic mass is 32.1. The first-order valence-corrected chi connectivity index (χ1v) is 9.11. The summed E-state index contributed by atoms with van der Waals surface area (Å²) in [5, 5.41) is 5.69. The van der Waals surface area contributed by atoms with Crippen LogP contribution >= 0.6 is 11.3 Å². The van der Waals surface area contributed by atoms with Gasteiger partial charge in [-0.05, 0) is 30.7 Å². The fraction of sp³-hybridized carbons (Fsp3) is 0.200. The van der Waals surface area contributed by atoms with E-state index in [0.29, 0.717) is 11.1 Å². The minimum absolute atomic E-state index is 0.0285. The van der Waals surface area contributed by atoms with Crippen molar-refractivity contribution in [1.29, 1.82) is 0 Å². The lowest BCUT2D eigenvalue weighted by Gasteiger charge is -2.11. The second-order valence-electron chi connectivity index (χ2n) is 5.90. The molecule has 0 saturated carbocycles. The van der Waals surface area contributed by atoms with E-state index in [1.165, 1.54) is 0 Å². The standard InChI is InChI=1S/C20H18N2O2S/c1-3-10-21-20-19-17(13-6-4-5-7-15(13)22-20)18(23)14-11-12(24-2)8-9-16(14)25-19/h4-9,11H,3,10H2,1-2H3,(H,21,22). The molecule has 4 nitrogen and oxygen atoms in total. The first-order valence-electron chi connectivity index (χ1n) is 8.30. The van der Waals surface area contributed by atoms with E-state index in [-0.39, 0.29) is 5.43 Å². The minimum atomic E-state index is 0.0285. The number of nitrogens with one attached hydrogen (secondary N) is 1. The number of pyridine rings is 1. The lowest BCUT2D eigenvalue weighted by molar-refractivity contribution is 0.415. The van der Waals surface area contributed by atoms with Crippen LogP contribution in [0.2, 0.25) is 0 Å². The molecule has 0 saturated heterocycles. The summed E-state index contributed by atoms with van der Waals surface area (Å²) in [4.78, 5) is 18.0. The van der Waals surface area contributed by atoms with Crippen molar-refractivity contribution in [3.63, 3.8) is 0 Å². The summed E-state index contributed by atoms with van der Waals surface area (Å²) in [6.07, 6.45) is 0.996. The molecule has 4 aromatic rings. The van der Waals surface area contributed by atoms with E-state index in [4.69, 9.17) is 9.72 Å². The molecule has 25 heavy (non-hydrogen) atoms. The SMILES string of the molecule is CCCNc1nc2ccccc2c2c(=O)c3cc(OC)ccc3sc12. The zero-order valence-electron chi connectivity index (χ0n) is 14.1. The van der Waals surface area contributed by atoms with Gasteiger partial charge in [-0.25, -0.2) is 4.98 Å². The van der Waals surface area contributed by atoms with Crippen molar-refractivity contribution in [3.05, 3.63) is 52.7 Å². The van der Waals surface area contributed by atoms with Crippen LogP contribution in [-0.4, -0.2) is 18.6 Å². The molecule has 126 valence electrons. The van der Waals surface area contributed by atoms with Crippen LogP contribution in [0.1, 0.15) is 13.3 Å². The Balaban J connectivity index is 2.17. The molecular formula is C20H18N2O2S. The van der Waals surface area contributed by atoms with E-state index in [9.17, 15) is 4.79 Å². The van der Waals surface area contributed by atoms with Gasteiger partial charge in [0, 0.05) is 22.0 Å². The zero-order valence-corrected chi connectivity index (χ0v) is 14.9. The molecule has 5 heteroatoms. The molecule has 4 rings (SSSR count). The van der Waals surface area contributed by atoms with Crippen molar-refractivity contribution in [1.82, 2.24) is 4.98 Å². The summed E-state index contributed by atoms with van der Waals surface area (Å²) in [6.45, 7) is 2.93. The Morgan fingerprint density at radius 2 is 2.00 bits per heavy atom. The summed E-state index contributed by atoms with van der Waals surface area (Å²) in [5.74, 6) is 1.48. The number of methoxy groups -OCH3 is 1. The molecule has 0 atom stereocenters. The average Bonchev–Trinajstić information content (AvgIpc) is 2.66. The summed E-state index contributed by atoms with van der Waals surface area (Å²) in [6, 6.07) is 13.5. The topological polar surface area (TPSA) is 51.2 Å². The van der Waals surface area contributed by atoms with Crippen molar-refractivity contribution >= 4 is 48.2 Å². The number of hydrogen-bond acceptors (Lipinski definition) is 5. The Hall–Kier alpha value is -2.66. The Bertz CT molecular complexity index is 1150. The van der Waals surface area contributed by atoms with Crippen molar-refractivity contribution in [2.45, 2.75) is 13.3 Å². The van der Waals surface area contributed by atoms with Crippen LogP contribution in [0, 0.1) is 0 Å². The van der Waals surface area contributed by atoms with E-state index in [1.807, 2.05) is 42.5 Å². The van der Waals surface area contributed by atoms with Gasteiger partial charge < -0.3 is 10.1 Å². The number of para-hydroxylation sites is 1. The average molecular weight is 350 g/mol. The third-order valence-electron chi connectivity index (χ3n) is 4.26. The quantitative estimate of drug-likeness (QED) is 0.424. The first-order chi connectivity index (χ1) is 12.2. The molecule has 1 N–H and O–H groups in total. The van der Waals surface area contributed by atoms with Gasteiger partial charge in [0.05, 0.1) is 22.7 Å². The van der Waals surface area contributed by atoms with Crippen molar-refractivity contribution in [2.75, 3.05) is 19.0 Å². The van der Waals surface area contributed by atoms with Gasteiger partial charge in [0.1, 0.15) is 11.6 Å². The van der Waals surface area contributed by atoms with Crippen LogP contribution in [0.15, 0.2) is 47.3 Å². The summed E-state index contributed by atoms with van der Waals surface area (Å²) < 4.78 is 7.15. The highest BCUT2D eigenvalue weighted by Crippen LogP contribution is 2.34. The zero-order chi connectivity index (χ0) is 17.4. The maximum Gasteiger partial charge on any atom is 0.196 e. The Kier molecular flexibility index (Phi) is 4.01. The predicted octanol–water partition coefficient (Wildman–Crippen LogP) is 4.79. The third kappa shape index (κ3) is 2.61. The Morgan fingerprint density at radius 1 is 1.16 bits per heavy atom. The molecule has 0 radical (unpaired) electrons. The number of aromatic nitrogens is 1. The van der Waals surface area contributed by atoms with Crippen LogP contribution < -0.4 is 15.5 Å². The molecule has 0 fully saturated rings. The molecule has 0 aliphatic carbocycles. The van der Waals surface area contributed by atoms with Crippen molar-refractivity contribution < 1.29 is 4.74 Å². The van der Waals surface area contributed by atoms with Gasteiger partial charge in [-0.15, -0.1) is 11.3 Å². The van der Waals surface area contributed by atoms with Gasteiger partial charge in [0.25, 0.3) is 0 Å². The van der Waals surface area contributed by atoms with E-state index in [0.717, 1.165) is 44.5 Å². The molecule has 2 aromatic carbocycles. The third-order valence-corrected chi connectivity index (χ3v) is 5.44. The Labute approximate surface area is 149 Å². The summed E-state index contributed by atoms with van der Waals surface area (Å²) >= 11 is 1.60. The maximum atomic E-state index is 13.3. The molecule has 0 unspecified atom stereocenters. The number of ether oxygens (including phenoxy) is 1. The highest BCUT2D eigenvalue weighted by molar-refractivity contribution is 7.25. The van der Waals surface area contributed by atoms with Gasteiger partial charge in [-0.1, -0.05) is 25.1 Å². The number of rotatable bonds is 4. The predicted molar refractivity (Wildman–Crippen MR) is 106 cm³/mol. The smallest absolute Gasteiger partial charge is 0.196 e. The lowest BCUT2D eigenvalue weighted by atomic mass is 10.1. The molecule has 0 aliphatic rings. The molecular weight excluding hydrogens is 332 g/mol. The van der Waals surface area contributed by atoms with Gasteiger partial charge in [-0.2, -0.15) is 0 Å². The molecule has 0 aliphatic heterocycles. The fourth-order valence-electron chi connectivity index (χ4n) is 3.03. The highest BCUT2D eigenvalue weighted by Gasteiger charge is 2.15. The molecule has 2 aromatic heterocycles. The van der Waals surface area contributed by atoms with E-state index < -0.39 is 0 Å². The molecule has 0 spiro atoms.